The maximum absolute atomic E-state index is 14.4. The summed E-state index contributed by atoms with van der Waals surface area (Å²) in [4.78, 5) is 3.98. The molecule has 0 amide bonds. The third-order valence-electron chi connectivity index (χ3n) is 4.20. The van der Waals surface area contributed by atoms with Gasteiger partial charge in [0.15, 0.2) is 0 Å². The SMILES string of the molecule is CCCCc1cc(-n2nc(C)c3cc(Cl)ncc32)cc(C(F)(F)F)c1F. The number of benzene rings is 1. The number of nitrogens with zero attached hydrogens (tertiary/aromatic N) is 3. The van der Waals surface area contributed by atoms with E-state index in [1.54, 1.807) is 13.0 Å². The smallest absolute Gasteiger partial charge is 0.242 e. The summed E-state index contributed by atoms with van der Waals surface area (Å²) in [5, 5.41) is 5.25. The van der Waals surface area contributed by atoms with Crippen LogP contribution in [0.1, 0.15) is 36.6 Å². The highest BCUT2D eigenvalue weighted by atomic mass is 35.5. The van der Waals surface area contributed by atoms with Crippen LogP contribution in [0.3, 0.4) is 0 Å². The topological polar surface area (TPSA) is 30.7 Å². The average molecular weight is 386 g/mol. The molecule has 0 N–H and O–H groups in total. The van der Waals surface area contributed by atoms with Gasteiger partial charge >= 0.3 is 6.18 Å². The molecule has 0 aliphatic heterocycles. The zero-order chi connectivity index (χ0) is 19.1. The highest BCUT2D eigenvalue weighted by molar-refractivity contribution is 6.30. The van der Waals surface area contributed by atoms with Gasteiger partial charge in [-0.3, -0.25) is 0 Å². The molecule has 0 saturated heterocycles. The summed E-state index contributed by atoms with van der Waals surface area (Å²) in [5.74, 6) is -1.22. The van der Waals surface area contributed by atoms with Crippen LogP contribution in [-0.2, 0) is 12.6 Å². The molecule has 3 rings (SSSR count). The molecule has 0 fully saturated rings. The van der Waals surface area contributed by atoms with Crippen LogP contribution in [0, 0.1) is 12.7 Å². The molecular formula is C18H16ClF4N3. The Hall–Kier alpha value is -2.15. The largest absolute Gasteiger partial charge is 0.419 e. The van der Waals surface area contributed by atoms with Crippen LogP contribution in [0.25, 0.3) is 16.6 Å². The Morgan fingerprint density at radius 3 is 2.58 bits per heavy atom. The van der Waals surface area contributed by atoms with Crippen molar-refractivity contribution in [2.45, 2.75) is 39.3 Å². The number of hydrogen-bond acceptors (Lipinski definition) is 2. The van der Waals surface area contributed by atoms with Gasteiger partial charge in [-0.1, -0.05) is 24.9 Å². The summed E-state index contributed by atoms with van der Waals surface area (Å²) < 4.78 is 55.7. The maximum atomic E-state index is 14.4. The van der Waals surface area contributed by atoms with Gasteiger partial charge in [-0.25, -0.2) is 14.1 Å². The van der Waals surface area contributed by atoms with E-state index in [0.717, 1.165) is 12.5 Å². The average Bonchev–Trinajstić information content (AvgIpc) is 2.89. The van der Waals surface area contributed by atoms with Crippen LogP contribution in [0.2, 0.25) is 5.15 Å². The first kappa shape index (κ1) is 18.6. The molecule has 0 spiro atoms. The molecule has 0 unspecified atom stereocenters. The van der Waals surface area contributed by atoms with Gasteiger partial charge in [-0.15, -0.1) is 0 Å². The predicted octanol–water partition coefficient (Wildman–Crippen LogP) is 5.88. The van der Waals surface area contributed by atoms with Crippen molar-refractivity contribution in [3.63, 3.8) is 0 Å². The number of pyridine rings is 1. The number of hydrogen-bond donors (Lipinski definition) is 0. The summed E-state index contributed by atoms with van der Waals surface area (Å²) in [6.07, 6.45) is -1.78. The van der Waals surface area contributed by atoms with Gasteiger partial charge in [0.2, 0.25) is 0 Å². The fraction of sp³-hybridized carbons (Fsp3) is 0.333. The van der Waals surface area contributed by atoms with E-state index in [2.05, 4.69) is 10.1 Å². The number of fused-ring (bicyclic) bond motifs is 1. The fourth-order valence-corrected chi connectivity index (χ4v) is 3.04. The molecule has 1 aromatic carbocycles. The van der Waals surface area contributed by atoms with Crippen LogP contribution in [0.15, 0.2) is 24.4 Å². The molecule has 0 saturated carbocycles. The Balaban J connectivity index is 2.25. The molecule has 3 aromatic rings. The van der Waals surface area contributed by atoms with Gasteiger partial charge in [-0.2, -0.15) is 18.3 Å². The molecule has 0 bridgehead atoms. The Morgan fingerprint density at radius 2 is 1.92 bits per heavy atom. The van der Waals surface area contributed by atoms with Gasteiger partial charge in [0.1, 0.15) is 11.0 Å². The summed E-state index contributed by atoms with van der Waals surface area (Å²) in [6, 6.07) is 3.80. The van der Waals surface area contributed by atoms with E-state index in [1.807, 2.05) is 6.92 Å². The fourth-order valence-electron chi connectivity index (χ4n) is 2.88. The second-order valence-electron chi connectivity index (χ2n) is 6.09. The van der Waals surface area contributed by atoms with Crippen molar-refractivity contribution in [1.82, 2.24) is 14.8 Å². The lowest BCUT2D eigenvalue weighted by molar-refractivity contribution is -0.140. The lowest BCUT2D eigenvalue weighted by atomic mass is 10.0. The van der Waals surface area contributed by atoms with Crippen molar-refractivity contribution in [1.29, 1.82) is 0 Å². The van der Waals surface area contributed by atoms with Crippen molar-refractivity contribution >= 4 is 22.5 Å². The van der Waals surface area contributed by atoms with Crippen molar-refractivity contribution in [2.24, 2.45) is 0 Å². The minimum absolute atomic E-state index is 0.0277. The van der Waals surface area contributed by atoms with Gasteiger partial charge in [0.05, 0.1) is 28.7 Å². The van der Waals surface area contributed by atoms with Crippen LogP contribution in [0.5, 0.6) is 0 Å². The number of aromatic nitrogens is 3. The molecule has 138 valence electrons. The number of alkyl halides is 3. The highest BCUT2D eigenvalue weighted by Crippen LogP contribution is 2.35. The van der Waals surface area contributed by atoms with E-state index < -0.39 is 17.6 Å². The second kappa shape index (κ2) is 6.87. The Labute approximate surface area is 152 Å². The first-order valence-electron chi connectivity index (χ1n) is 8.13. The van der Waals surface area contributed by atoms with E-state index in [-0.39, 0.29) is 22.8 Å². The van der Waals surface area contributed by atoms with Gasteiger partial charge in [0, 0.05) is 5.39 Å². The molecule has 0 atom stereocenters. The zero-order valence-corrected chi connectivity index (χ0v) is 14.9. The predicted molar refractivity (Wildman–Crippen MR) is 92.2 cm³/mol. The van der Waals surface area contributed by atoms with Crippen LogP contribution < -0.4 is 0 Å². The number of aryl methyl sites for hydroxylation is 2. The molecule has 2 aromatic heterocycles. The van der Waals surface area contributed by atoms with Crippen LogP contribution in [0.4, 0.5) is 17.6 Å². The van der Waals surface area contributed by atoms with E-state index in [9.17, 15) is 17.6 Å². The van der Waals surface area contributed by atoms with Crippen LogP contribution in [-0.4, -0.2) is 14.8 Å². The summed E-state index contributed by atoms with van der Waals surface area (Å²) in [7, 11) is 0. The summed E-state index contributed by atoms with van der Waals surface area (Å²) in [5.41, 5.74) is -0.0124. The minimum atomic E-state index is -4.79. The van der Waals surface area contributed by atoms with E-state index in [0.29, 0.717) is 23.0 Å². The van der Waals surface area contributed by atoms with Crippen molar-refractivity contribution in [3.8, 4) is 5.69 Å². The molecule has 3 nitrogen and oxygen atoms in total. The summed E-state index contributed by atoms with van der Waals surface area (Å²) >= 11 is 5.89. The Morgan fingerprint density at radius 1 is 1.19 bits per heavy atom. The quantitative estimate of drug-likeness (QED) is 0.414. The molecule has 0 aliphatic carbocycles. The normalized spacial score (nSPS) is 12.1. The number of rotatable bonds is 4. The molecule has 0 radical (unpaired) electrons. The maximum Gasteiger partial charge on any atom is 0.419 e. The van der Waals surface area contributed by atoms with Crippen LogP contribution >= 0.6 is 11.6 Å². The number of halogens is 5. The third-order valence-corrected chi connectivity index (χ3v) is 4.41. The van der Waals surface area contributed by atoms with Crippen molar-refractivity contribution < 1.29 is 17.6 Å². The molecule has 8 heteroatoms. The van der Waals surface area contributed by atoms with E-state index in [4.69, 9.17) is 11.6 Å². The van der Waals surface area contributed by atoms with Crippen molar-refractivity contribution in [2.75, 3.05) is 0 Å². The number of unbranched alkanes of at least 4 members (excludes halogenated alkanes) is 1. The summed E-state index contributed by atoms with van der Waals surface area (Å²) in [6.45, 7) is 3.62. The Bertz CT molecular complexity index is 963. The first-order valence-corrected chi connectivity index (χ1v) is 8.51. The molecule has 2 heterocycles. The molecule has 26 heavy (non-hydrogen) atoms. The zero-order valence-electron chi connectivity index (χ0n) is 14.2. The van der Waals surface area contributed by atoms with Gasteiger partial charge in [0.25, 0.3) is 0 Å². The van der Waals surface area contributed by atoms with Crippen molar-refractivity contribution in [3.05, 3.63) is 52.2 Å². The first-order chi connectivity index (χ1) is 12.2. The standard InChI is InChI=1S/C18H16ClF4N3/c1-3-4-5-11-6-12(7-14(17(11)20)18(21,22)23)26-15-9-24-16(19)8-13(15)10(2)25-26/h6-9H,3-5H2,1-2H3. The highest BCUT2D eigenvalue weighted by Gasteiger charge is 2.36. The third kappa shape index (κ3) is 3.40. The molecule has 0 aliphatic rings. The van der Waals surface area contributed by atoms with Gasteiger partial charge in [-0.05, 0) is 43.5 Å². The lowest BCUT2D eigenvalue weighted by Crippen LogP contribution is -2.12. The lowest BCUT2D eigenvalue weighted by Gasteiger charge is -2.14. The monoisotopic (exact) mass is 385 g/mol. The van der Waals surface area contributed by atoms with E-state index >= 15 is 0 Å². The molecular weight excluding hydrogens is 370 g/mol. The second-order valence-corrected chi connectivity index (χ2v) is 6.48. The van der Waals surface area contributed by atoms with Gasteiger partial charge < -0.3 is 0 Å². The Kier molecular flexibility index (Phi) is 4.92. The minimum Gasteiger partial charge on any atom is -0.242 e. The van der Waals surface area contributed by atoms with E-state index in [1.165, 1.54) is 16.9 Å².